The molecule has 0 saturated carbocycles. The smallest absolute Gasteiger partial charge is 0.399 e. The molecule has 3 aromatic rings. The Morgan fingerprint density at radius 1 is 0.909 bits per heavy atom. The van der Waals surface area contributed by atoms with Crippen molar-refractivity contribution >= 4 is 0 Å². The normalized spacial score (nSPS) is 10.5. The quantitative estimate of drug-likeness (QED) is 0.685. The molecule has 2 aromatic carbocycles. The minimum atomic E-state index is 0.610. The fourth-order valence-corrected chi connectivity index (χ4v) is 2.30. The minimum Gasteiger partial charge on any atom is -0.443 e. The molecule has 0 saturated heterocycles. The zero-order chi connectivity index (χ0) is 15.4. The van der Waals surface area contributed by atoms with Crippen molar-refractivity contribution in [1.82, 2.24) is 5.10 Å². The first-order valence-electron chi connectivity index (χ1n) is 7.46. The highest BCUT2D eigenvalue weighted by atomic mass is 16.5. The highest BCUT2D eigenvalue weighted by molar-refractivity contribution is 5.58. The number of rotatable bonds is 4. The first kappa shape index (κ1) is 14.3. The third-order valence-electron chi connectivity index (χ3n) is 3.44. The second-order valence-corrected chi connectivity index (χ2v) is 5.10. The summed E-state index contributed by atoms with van der Waals surface area (Å²) < 4.78 is 7.55. The van der Waals surface area contributed by atoms with Crippen LogP contribution in [0.4, 0.5) is 0 Å². The molecule has 110 valence electrons. The minimum absolute atomic E-state index is 0.610. The van der Waals surface area contributed by atoms with Crippen molar-refractivity contribution in [2.75, 3.05) is 6.61 Å². The van der Waals surface area contributed by atoms with Crippen LogP contribution in [0.1, 0.15) is 12.5 Å². The van der Waals surface area contributed by atoms with Crippen LogP contribution in [0.15, 0.2) is 66.7 Å². The molecule has 0 spiro atoms. The van der Waals surface area contributed by atoms with Crippen LogP contribution >= 0.6 is 0 Å². The molecule has 3 rings (SSSR count). The molecule has 1 aromatic heterocycles. The Kier molecular flexibility index (Phi) is 4.15. The van der Waals surface area contributed by atoms with Crippen LogP contribution in [-0.4, -0.2) is 11.7 Å². The summed E-state index contributed by atoms with van der Waals surface area (Å²) in [6.07, 6.45) is 0. The number of nitrogens with zero attached hydrogens (tertiary/aromatic N) is 2. The van der Waals surface area contributed by atoms with E-state index in [0.29, 0.717) is 6.61 Å². The summed E-state index contributed by atoms with van der Waals surface area (Å²) in [6.45, 7) is 4.67. The predicted molar refractivity (Wildman–Crippen MR) is 87.1 cm³/mol. The van der Waals surface area contributed by atoms with Crippen molar-refractivity contribution in [3.05, 3.63) is 72.3 Å². The Bertz CT molecular complexity index is 752. The number of aromatic nitrogens is 2. The highest BCUT2D eigenvalue weighted by Gasteiger charge is 2.19. The molecule has 0 aliphatic carbocycles. The van der Waals surface area contributed by atoms with E-state index in [1.165, 1.54) is 5.56 Å². The average molecular weight is 291 g/mol. The maximum atomic E-state index is 5.70. The Balaban J connectivity index is 2.09. The van der Waals surface area contributed by atoms with Gasteiger partial charge < -0.3 is 4.74 Å². The predicted octanol–water partition coefficient (Wildman–Crippen LogP) is 3.73. The lowest BCUT2D eigenvalue weighted by Gasteiger charge is -2.04. The van der Waals surface area contributed by atoms with Crippen LogP contribution < -0.4 is 9.42 Å². The van der Waals surface area contributed by atoms with E-state index in [1.807, 2.05) is 54.1 Å². The van der Waals surface area contributed by atoms with E-state index in [-0.39, 0.29) is 0 Å². The summed E-state index contributed by atoms with van der Waals surface area (Å²) >= 11 is 0. The molecule has 0 amide bonds. The lowest BCUT2D eigenvalue weighted by molar-refractivity contribution is -0.664. The summed E-state index contributed by atoms with van der Waals surface area (Å²) in [5.74, 6) is 0.740. The second-order valence-electron chi connectivity index (χ2n) is 5.10. The molecule has 0 N–H and O–H groups in total. The monoisotopic (exact) mass is 291 g/mol. The van der Waals surface area contributed by atoms with Crippen LogP contribution in [0, 0.1) is 6.92 Å². The van der Waals surface area contributed by atoms with E-state index >= 15 is 0 Å². The maximum Gasteiger partial charge on any atom is 0.399 e. The zero-order valence-corrected chi connectivity index (χ0v) is 12.9. The summed E-state index contributed by atoms with van der Waals surface area (Å²) in [6, 6.07) is 22.4. The zero-order valence-electron chi connectivity index (χ0n) is 12.9. The fourth-order valence-electron chi connectivity index (χ4n) is 2.30. The van der Waals surface area contributed by atoms with Gasteiger partial charge in [0.1, 0.15) is 5.69 Å². The van der Waals surface area contributed by atoms with E-state index in [0.717, 1.165) is 22.8 Å². The molecule has 1 heterocycles. The molecule has 0 aliphatic heterocycles. The molecule has 0 aliphatic rings. The number of hydrogen-bond donors (Lipinski definition) is 0. The number of ether oxygens (including phenoxy) is 1. The SMILES string of the molecule is CCOc1ccc(-c2ccc(C)cc2)n[n+]1-c1ccccc1. The van der Waals surface area contributed by atoms with Crippen molar-refractivity contribution in [3.8, 4) is 22.8 Å². The fraction of sp³-hybridized carbons (Fsp3) is 0.158. The van der Waals surface area contributed by atoms with Crippen molar-refractivity contribution in [3.63, 3.8) is 0 Å². The molecule has 3 nitrogen and oxygen atoms in total. The largest absolute Gasteiger partial charge is 0.443 e. The number of benzene rings is 2. The van der Waals surface area contributed by atoms with Crippen LogP contribution in [0.5, 0.6) is 5.88 Å². The molecule has 0 bridgehead atoms. The third kappa shape index (κ3) is 2.98. The maximum absolute atomic E-state index is 5.70. The highest BCUT2D eigenvalue weighted by Crippen LogP contribution is 2.18. The van der Waals surface area contributed by atoms with Crippen molar-refractivity contribution in [1.29, 1.82) is 0 Å². The van der Waals surface area contributed by atoms with E-state index in [1.54, 1.807) is 0 Å². The summed E-state index contributed by atoms with van der Waals surface area (Å²) in [5, 5.41) is 4.75. The third-order valence-corrected chi connectivity index (χ3v) is 3.44. The van der Waals surface area contributed by atoms with Crippen LogP contribution in [0.3, 0.4) is 0 Å². The molecule has 3 heteroatoms. The van der Waals surface area contributed by atoms with Gasteiger partial charge in [-0.05, 0) is 24.6 Å². The van der Waals surface area contributed by atoms with E-state index in [2.05, 4.69) is 31.2 Å². The summed E-state index contributed by atoms with van der Waals surface area (Å²) in [7, 11) is 0. The summed E-state index contributed by atoms with van der Waals surface area (Å²) in [4.78, 5) is 0. The molecule has 0 atom stereocenters. The average Bonchev–Trinajstić information content (AvgIpc) is 2.57. The van der Waals surface area contributed by atoms with Gasteiger partial charge in [0.25, 0.3) is 0 Å². The van der Waals surface area contributed by atoms with Gasteiger partial charge in [-0.25, -0.2) is 0 Å². The number of para-hydroxylation sites is 1. The lowest BCUT2D eigenvalue weighted by atomic mass is 10.1. The van der Waals surface area contributed by atoms with Gasteiger partial charge in [0.2, 0.25) is 5.69 Å². The second kappa shape index (κ2) is 6.39. The van der Waals surface area contributed by atoms with Gasteiger partial charge in [0, 0.05) is 22.8 Å². The van der Waals surface area contributed by atoms with Crippen molar-refractivity contribution < 1.29 is 9.42 Å². The van der Waals surface area contributed by atoms with Crippen LogP contribution in [-0.2, 0) is 0 Å². The number of hydrogen-bond acceptors (Lipinski definition) is 2. The summed E-state index contributed by atoms with van der Waals surface area (Å²) in [5.41, 5.74) is 4.25. The molecule has 22 heavy (non-hydrogen) atoms. The first-order valence-corrected chi connectivity index (χ1v) is 7.46. The molecule has 0 radical (unpaired) electrons. The van der Waals surface area contributed by atoms with Gasteiger partial charge in [-0.15, -0.1) is 0 Å². The van der Waals surface area contributed by atoms with Crippen molar-refractivity contribution in [2.24, 2.45) is 0 Å². The lowest BCUT2D eigenvalue weighted by Crippen LogP contribution is -2.37. The molecule has 0 unspecified atom stereocenters. The molecular weight excluding hydrogens is 272 g/mol. The van der Waals surface area contributed by atoms with Crippen molar-refractivity contribution in [2.45, 2.75) is 13.8 Å². The van der Waals surface area contributed by atoms with Gasteiger partial charge in [0.05, 0.1) is 12.7 Å². The van der Waals surface area contributed by atoms with Gasteiger partial charge in [-0.1, -0.05) is 48.0 Å². The van der Waals surface area contributed by atoms with Crippen LogP contribution in [0.25, 0.3) is 16.9 Å². The topological polar surface area (TPSA) is 26.0 Å². The molecular formula is C19H19N2O+. The van der Waals surface area contributed by atoms with E-state index in [9.17, 15) is 0 Å². The number of aryl methyl sites for hydroxylation is 1. The standard InChI is InChI=1S/C19H19N2O/c1-3-22-19-14-13-18(16-11-9-15(2)10-12-16)20-21(19)17-7-5-4-6-8-17/h4-14H,3H2,1-2H3/q+1. The van der Waals surface area contributed by atoms with E-state index < -0.39 is 0 Å². The Morgan fingerprint density at radius 3 is 2.32 bits per heavy atom. The van der Waals surface area contributed by atoms with Gasteiger partial charge in [-0.3, -0.25) is 0 Å². The van der Waals surface area contributed by atoms with E-state index in [4.69, 9.17) is 9.84 Å². The van der Waals surface area contributed by atoms with Crippen LogP contribution in [0.2, 0.25) is 0 Å². The van der Waals surface area contributed by atoms with Gasteiger partial charge >= 0.3 is 5.88 Å². The Hall–Kier alpha value is -2.68. The Morgan fingerprint density at radius 2 is 1.64 bits per heavy atom. The van der Waals surface area contributed by atoms with Gasteiger partial charge in [0.15, 0.2) is 0 Å². The first-order chi connectivity index (χ1) is 10.8. The Labute approximate surface area is 130 Å². The van der Waals surface area contributed by atoms with Gasteiger partial charge in [-0.2, -0.15) is 0 Å². The molecule has 0 fully saturated rings.